The molecule has 0 amide bonds. The minimum absolute atomic E-state index is 0.0340. The standard InChI is InChI=1S/C22H25FO5/c1-11-6-17(23)16(22-21(27)20(26)19(25)18(10-24)28-22)9-15(11)8-12-2-3-13-4-5-14(13)7-12/h2-3,6-7,9,18-22,24-27H,4-5,8,10H2,1H3/t18-,19-,20+,21-,22+/m1/s1/i5D2. The minimum atomic E-state index is -1.58. The van der Waals surface area contributed by atoms with Crippen molar-refractivity contribution in [2.75, 3.05) is 6.61 Å². The van der Waals surface area contributed by atoms with Gasteiger partial charge in [0.15, 0.2) is 0 Å². The van der Waals surface area contributed by atoms with E-state index in [9.17, 15) is 24.8 Å². The van der Waals surface area contributed by atoms with Gasteiger partial charge in [0.25, 0.3) is 0 Å². The van der Waals surface area contributed by atoms with Crippen molar-refractivity contribution in [3.05, 3.63) is 69.5 Å². The third kappa shape index (κ3) is 3.36. The number of aryl methyl sites for hydroxylation is 3. The number of ether oxygens (including phenoxy) is 1. The summed E-state index contributed by atoms with van der Waals surface area (Å²) < 4.78 is 36.2. The molecule has 1 heterocycles. The van der Waals surface area contributed by atoms with Crippen molar-refractivity contribution in [3.8, 4) is 0 Å². The largest absolute Gasteiger partial charge is 0.394 e. The lowest BCUT2D eigenvalue weighted by atomic mass is 9.85. The lowest BCUT2D eigenvalue weighted by Crippen LogP contribution is -2.55. The molecular formula is C22H25FO5. The summed E-state index contributed by atoms with van der Waals surface area (Å²) in [4.78, 5) is 0. The van der Waals surface area contributed by atoms with Crippen molar-refractivity contribution in [1.29, 1.82) is 0 Å². The smallest absolute Gasteiger partial charge is 0.129 e. The second kappa shape index (κ2) is 7.54. The number of halogens is 1. The molecule has 5 nitrogen and oxygen atoms in total. The zero-order valence-corrected chi connectivity index (χ0v) is 15.5. The summed E-state index contributed by atoms with van der Waals surface area (Å²) in [5, 5.41) is 39.7. The quantitative estimate of drug-likeness (QED) is 0.633. The highest BCUT2D eigenvalue weighted by atomic mass is 19.1. The molecule has 1 fully saturated rings. The number of aliphatic hydroxyl groups excluding tert-OH is 4. The van der Waals surface area contributed by atoms with E-state index in [1.807, 2.05) is 18.2 Å². The molecule has 0 spiro atoms. The molecule has 1 aliphatic carbocycles. The maximum absolute atomic E-state index is 14.8. The lowest BCUT2D eigenvalue weighted by Gasteiger charge is -2.40. The van der Waals surface area contributed by atoms with Crippen molar-refractivity contribution in [2.24, 2.45) is 0 Å². The average Bonchev–Trinajstić information content (AvgIpc) is 2.69. The first-order valence-corrected chi connectivity index (χ1v) is 9.34. The highest BCUT2D eigenvalue weighted by Gasteiger charge is 2.44. The highest BCUT2D eigenvalue weighted by Crippen LogP contribution is 2.35. The van der Waals surface area contributed by atoms with E-state index in [4.69, 9.17) is 7.48 Å². The molecule has 2 aliphatic rings. The van der Waals surface area contributed by atoms with Gasteiger partial charge in [0.1, 0.15) is 36.3 Å². The second-order valence-corrected chi connectivity index (χ2v) is 7.57. The van der Waals surface area contributed by atoms with Crippen LogP contribution in [0.4, 0.5) is 4.39 Å². The van der Waals surface area contributed by atoms with Crippen LogP contribution in [-0.2, 0) is 24.0 Å². The number of benzene rings is 2. The molecule has 0 bridgehead atoms. The summed E-state index contributed by atoms with van der Waals surface area (Å²) in [6.45, 7) is 1.18. The summed E-state index contributed by atoms with van der Waals surface area (Å²) >= 11 is 0. The Hall–Kier alpha value is -1.83. The van der Waals surface area contributed by atoms with Crippen LogP contribution in [0, 0.1) is 12.7 Å². The zero-order chi connectivity index (χ0) is 21.8. The Kier molecular flexibility index (Phi) is 4.59. The van der Waals surface area contributed by atoms with E-state index >= 15 is 0 Å². The van der Waals surface area contributed by atoms with Crippen LogP contribution >= 0.6 is 0 Å². The average molecular weight is 390 g/mol. The van der Waals surface area contributed by atoms with Gasteiger partial charge in [0.2, 0.25) is 0 Å². The van der Waals surface area contributed by atoms with Crippen LogP contribution in [0.1, 0.15) is 42.2 Å². The molecule has 28 heavy (non-hydrogen) atoms. The Labute approximate surface area is 165 Å². The van der Waals surface area contributed by atoms with Crippen molar-refractivity contribution < 1.29 is 32.3 Å². The van der Waals surface area contributed by atoms with Crippen molar-refractivity contribution in [3.63, 3.8) is 0 Å². The first-order valence-electron chi connectivity index (χ1n) is 10.3. The molecule has 0 radical (unpaired) electrons. The lowest BCUT2D eigenvalue weighted by molar-refractivity contribution is -0.232. The molecule has 0 saturated carbocycles. The normalized spacial score (nSPS) is 32.1. The van der Waals surface area contributed by atoms with Crippen LogP contribution in [0.25, 0.3) is 0 Å². The van der Waals surface area contributed by atoms with E-state index < -0.39 is 49.3 Å². The van der Waals surface area contributed by atoms with Crippen LogP contribution in [0.3, 0.4) is 0 Å². The van der Waals surface area contributed by atoms with Gasteiger partial charge in [-0.25, -0.2) is 4.39 Å². The Morgan fingerprint density at radius 3 is 2.61 bits per heavy atom. The number of aliphatic hydroxyl groups is 4. The predicted octanol–water partition coefficient (Wildman–Crippen LogP) is 1.34. The SMILES string of the molecule is [2H]C1([2H])Cc2ccc(Cc3cc([C@@H]4O[C@H](CO)[C@@H](O)[C@H](O)[C@H]4O)c(F)cc3C)cc21. The topological polar surface area (TPSA) is 90.2 Å². The van der Waals surface area contributed by atoms with Gasteiger partial charge in [-0.3, -0.25) is 0 Å². The van der Waals surface area contributed by atoms with Gasteiger partial charge in [-0.1, -0.05) is 18.2 Å². The van der Waals surface area contributed by atoms with Crippen LogP contribution < -0.4 is 0 Å². The molecule has 1 saturated heterocycles. The monoisotopic (exact) mass is 390 g/mol. The molecule has 150 valence electrons. The Morgan fingerprint density at radius 2 is 1.89 bits per heavy atom. The van der Waals surface area contributed by atoms with Gasteiger partial charge in [-0.15, -0.1) is 0 Å². The number of rotatable bonds is 4. The fraction of sp³-hybridized carbons (Fsp3) is 0.455. The molecule has 0 unspecified atom stereocenters. The van der Waals surface area contributed by atoms with Gasteiger partial charge >= 0.3 is 0 Å². The van der Waals surface area contributed by atoms with Crippen molar-refractivity contribution >= 4 is 0 Å². The first-order chi connectivity index (χ1) is 14.1. The minimum Gasteiger partial charge on any atom is -0.394 e. The molecule has 2 aromatic rings. The summed E-state index contributed by atoms with van der Waals surface area (Å²) in [6.07, 6.45) is -7.51. The van der Waals surface area contributed by atoms with Gasteiger partial charge in [0.05, 0.1) is 6.61 Å². The molecule has 0 aromatic heterocycles. The third-order valence-corrected chi connectivity index (χ3v) is 5.69. The van der Waals surface area contributed by atoms with E-state index in [1.54, 1.807) is 13.0 Å². The molecule has 5 atom stereocenters. The molecule has 2 aromatic carbocycles. The van der Waals surface area contributed by atoms with Crippen LogP contribution in [0.5, 0.6) is 0 Å². The molecule has 1 aliphatic heterocycles. The summed E-state index contributed by atoms with van der Waals surface area (Å²) in [6, 6.07) is 8.54. The van der Waals surface area contributed by atoms with Crippen LogP contribution in [-0.4, -0.2) is 51.4 Å². The van der Waals surface area contributed by atoms with E-state index in [0.29, 0.717) is 24.0 Å². The number of hydrogen-bond donors (Lipinski definition) is 4. The van der Waals surface area contributed by atoms with Gasteiger partial charge in [0, 0.05) is 8.30 Å². The van der Waals surface area contributed by atoms with Gasteiger partial charge in [-0.05, 0) is 66.1 Å². The maximum atomic E-state index is 14.8. The zero-order valence-electron chi connectivity index (χ0n) is 17.5. The van der Waals surface area contributed by atoms with Crippen LogP contribution in [0.15, 0.2) is 30.3 Å². The number of fused-ring (bicyclic) bond motifs is 1. The van der Waals surface area contributed by atoms with Crippen molar-refractivity contribution in [1.82, 2.24) is 0 Å². The van der Waals surface area contributed by atoms with E-state index in [-0.39, 0.29) is 5.56 Å². The predicted molar refractivity (Wildman–Crippen MR) is 101 cm³/mol. The molecule has 6 heteroatoms. The van der Waals surface area contributed by atoms with Gasteiger partial charge < -0.3 is 25.2 Å². The van der Waals surface area contributed by atoms with E-state index in [2.05, 4.69) is 0 Å². The van der Waals surface area contributed by atoms with Gasteiger partial charge in [-0.2, -0.15) is 0 Å². The fourth-order valence-corrected chi connectivity index (χ4v) is 3.86. The Morgan fingerprint density at radius 1 is 1.11 bits per heavy atom. The Bertz CT molecular complexity index is 965. The Balaban J connectivity index is 1.66. The number of hydrogen-bond acceptors (Lipinski definition) is 5. The summed E-state index contributed by atoms with van der Waals surface area (Å²) in [5.74, 6) is -0.617. The fourth-order valence-electron chi connectivity index (χ4n) is 3.86. The highest BCUT2D eigenvalue weighted by molar-refractivity contribution is 5.42. The summed E-state index contributed by atoms with van der Waals surface area (Å²) in [5.41, 5.74) is 4.03. The first kappa shape index (κ1) is 17.1. The second-order valence-electron chi connectivity index (χ2n) is 7.57. The van der Waals surface area contributed by atoms with E-state index in [0.717, 1.165) is 16.7 Å². The molecular weight excluding hydrogens is 363 g/mol. The van der Waals surface area contributed by atoms with Crippen LogP contribution in [0.2, 0.25) is 0 Å². The molecule has 4 rings (SSSR count). The summed E-state index contributed by atoms with van der Waals surface area (Å²) in [7, 11) is 0. The maximum Gasteiger partial charge on any atom is 0.129 e. The van der Waals surface area contributed by atoms with E-state index in [1.165, 1.54) is 6.07 Å². The van der Waals surface area contributed by atoms with Crippen molar-refractivity contribution in [2.45, 2.75) is 56.7 Å². The molecule has 4 N–H and O–H groups in total. The third-order valence-electron chi connectivity index (χ3n) is 5.69.